The summed E-state index contributed by atoms with van der Waals surface area (Å²) < 4.78 is 6.20. The van der Waals surface area contributed by atoms with Gasteiger partial charge in [0, 0.05) is 45.1 Å². The van der Waals surface area contributed by atoms with Crippen molar-refractivity contribution >= 4 is 56.5 Å². The van der Waals surface area contributed by atoms with E-state index in [1.807, 2.05) is 12.1 Å². The Morgan fingerprint density at radius 1 is 0.571 bits per heavy atom. The maximum atomic E-state index is 6.20. The number of hydrogen-bond acceptors (Lipinski definition) is 3. The molecule has 3 nitrogen and oxygen atoms in total. The molecule has 0 fully saturated rings. The monoisotopic (exact) mass is 722 g/mol. The van der Waals surface area contributed by atoms with E-state index in [1.54, 1.807) is 0 Å². The van der Waals surface area contributed by atoms with Crippen molar-refractivity contribution in [3.63, 3.8) is 0 Å². The molecule has 1 heterocycles. The zero-order valence-electron chi connectivity index (χ0n) is 31.4. The highest BCUT2D eigenvalue weighted by Gasteiger charge is 2.25. The molecule has 56 heavy (non-hydrogen) atoms. The van der Waals surface area contributed by atoms with Gasteiger partial charge in [0.25, 0.3) is 0 Å². The van der Waals surface area contributed by atoms with Crippen molar-refractivity contribution < 1.29 is 4.42 Å². The number of nitrogens with one attached hydrogen (secondary N) is 1. The van der Waals surface area contributed by atoms with Crippen LogP contribution in [0.2, 0.25) is 0 Å². The fourth-order valence-electron chi connectivity index (χ4n) is 8.52. The molecule has 8 aromatic rings. The Balaban J connectivity index is 0.963. The number of fused-ring (bicyclic) bond motifs is 4. The predicted molar refractivity (Wildman–Crippen MR) is 237 cm³/mol. The average molecular weight is 723 g/mol. The standard InChI is InChI=1S/C53H42N2O/c1-36-11-5-7-15-46(36)53-47-16-8-6-14-41(47)25-33-50(53)54-42-26-19-38(20-27-42)40-23-30-44(31-24-40)55(43-28-21-39(22-29-43)37-12-3-2-4-13-37)45-32-34-52-49(35-45)48-17-9-10-18-51(48)56-52/h2-5,7-13,15-36,46,54H,6,14H2,1H3. The molecule has 3 heteroatoms. The molecule has 0 radical (unpaired) electrons. The van der Waals surface area contributed by atoms with Crippen LogP contribution in [0.5, 0.6) is 0 Å². The molecular weight excluding hydrogens is 681 g/mol. The Kier molecular flexibility index (Phi) is 8.69. The summed E-state index contributed by atoms with van der Waals surface area (Å²) in [5.74, 6) is 0.769. The summed E-state index contributed by atoms with van der Waals surface area (Å²) in [6.07, 6.45) is 15.9. The van der Waals surface area contributed by atoms with E-state index in [0.29, 0.717) is 11.8 Å². The van der Waals surface area contributed by atoms with Gasteiger partial charge in [-0.05, 0) is 124 Å². The van der Waals surface area contributed by atoms with Gasteiger partial charge < -0.3 is 14.6 Å². The first-order valence-electron chi connectivity index (χ1n) is 19.7. The van der Waals surface area contributed by atoms with E-state index in [0.717, 1.165) is 57.5 Å². The number of rotatable bonds is 8. The van der Waals surface area contributed by atoms with Crippen LogP contribution < -0.4 is 10.2 Å². The molecule has 2 atom stereocenters. The molecule has 0 bridgehead atoms. The number of furan rings is 1. The third-order valence-corrected chi connectivity index (χ3v) is 11.5. The summed E-state index contributed by atoms with van der Waals surface area (Å²) in [6.45, 7) is 2.32. The summed E-state index contributed by atoms with van der Waals surface area (Å²) >= 11 is 0. The van der Waals surface area contributed by atoms with E-state index < -0.39 is 0 Å². The second-order valence-corrected chi connectivity index (χ2v) is 15.0. The molecule has 0 saturated heterocycles. The highest BCUT2D eigenvalue weighted by Crippen LogP contribution is 2.43. The van der Waals surface area contributed by atoms with Gasteiger partial charge in [-0.3, -0.25) is 0 Å². The molecule has 1 aromatic heterocycles. The molecule has 1 N–H and O–H groups in total. The van der Waals surface area contributed by atoms with Gasteiger partial charge >= 0.3 is 0 Å². The van der Waals surface area contributed by atoms with Crippen LogP contribution in [0.4, 0.5) is 28.4 Å². The quantitative estimate of drug-likeness (QED) is 0.169. The zero-order valence-corrected chi connectivity index (χ0v) is 31.4. The number of anilines is 5. The zero-order chi connectivity index (χ0) is 37.4. The number of nitrogens with zero attached hydrogens (tertiary/aromatic N) is 1. The van der Waals surface area contributed by atoms with Crippen LogP contribution >= 0.6 is 0 Å². The Morgan fingerprint density at radius 3 is 1.93 bits per heavy atom. The fraction of sp³-hybridized carbons (Fsp3) is 0.0943. The smallest absolute Gasteiger partial charge is 0.135 e. The molecule has 2 aliphatic rings. The maximum Gasteiger partial charge on any atom is 0.135 e. The van der Waals surface area contributed by atoms with Gasteiger partial charge in [-0.15, -0.1) is 0 Å². The average Bonchev–Trinajstić information content (AvgIpc) is 3.63. The molecule has 2 unspecified atom stereocenters. The van der Waals surface area contributed by atoms with Gasteiger partial charge in [-0.25, -0.2) is 0 Å². The van der Waals surface area contributed by atoms with E-state index in [-0.39, 0.29) is 0 Å². The molecule has 0 spiro atoms. The SMILES string of the molecule is CC1C=CC=CC1c1c(Nc2ccc(-c3ccc(N(c4ccc(-c5ccccc5)cc4)c4ccc5oc6ccccc6c5c4)cc3)cc2)ccc2c1C=CCC2. The summed E-state index contributed by atoms with van der Waals surface area (Å²) in [7, 11) is 0. The van der Waals surface area contributed by atoms with Gasteiger partial charge in [0.05, 0.1) is 0 Å². The Bertz CT molecular complexity index is 2770. The van der Waals surface area contributed by atoms with E-state index in [2.05, 4.69) is 199 Å². The van der Waals surface area contributed by atoms with E-state index in [1.165, 1.54) is 44.6 Å². The Hall–Kier alpha value is -6.84. The molecular formula is C53H42N2O. The first-order chi connectivity index (χ1) is 27.7. The highest BCUT2D eigenvalue weighted by molar-refractivity contribution is 6.06. The minimum absolute atomic E-state index is 0.334. The summed E-state index contributed by atoms with van der Waals surface area (Å²) in [6, 6.07) is 56.5. The van der Waals surface area contributed by atoms with Crippen molar-refractivity contribution in [3.8, 4) is 22.3 Å². The Morgan fingerprint density at radius 2 is 1.20 bits per heavy atom. The van der Waals surface area contributed by atoms with Crippen LogP contribution in [0.1, 0.15) is 36.0 Å². The largest absolute Gasteiger partial charge is 0.456 e. The number of benzene rings is 7. The first kappa shape index (κ1) is 33.7. The van der Waals surface area contributed by atoms with Gasteiger partial charge in [0.2, 0.25) is 0 Å². The molecule has 7 aromatic carbocycles. The third kappa shape index (κ3) is 6.31. The number of hydrogen-bond donors (Lipinski definition) is 1. The maximum absolute atomic E-state index is 6.20. The minimum Gasteiger partial charge on any atom is -0.456 e. The van der Waals surface area contributed by atoms with Gasteiger partial charge in [0.15, 0.2) is 0 Å². The summed E-state index contributed by atoms with van der Waals surface area (Å²) in [4.78, 5) is 2.33. The lowest BCUT2D eigenvalue weighted by molar-refractivity contribution is 0.634. The summed E-state index contributed by atoms with van der Waals surface area (Å²) in [5.41, 5.74) is 16.3. The molecule has 2 aliphatic carbocycles. The summed E-state index contributed by atoms with van der Waals surface area (Å²) in [5, 5.41) is 6.04. The van der Waals surface area contributed by atoms with Crippen molar-refractivity contribution in [1.29, 1.82) is 0 Å². The van der Waals surface area contributed by atoms with E-state index in [4.69, 9.17) is 4.42 Å². The number of aryl methyl sites for hydroxylation is 1. The van der Waals surface area contributed by atoms with Crippen LogP contribution in [0.15, 0.2) is 193 Å². The third-order valence-electron chi connectivity index (χ3n) is 11.5. The van der Waals surface area contributed by atoms with E-state index in [9.17, 15) is 0 Å². The van der Waals surface area contributed by atoms with Crippen LogP contribution in [-0.2, 0) is 6.42 Å². The molecule has 10 rings (SSSR count). The van der Waals surface area contributed by atoms with Crippen LogP contribution in [0.25, 0.3) is 50.3 Å². The van der Waals surface area contributed by atoms with E-state index >= 15 is 0 Å². The lowest BCUT2D eigenvalue weighted by Gasteiger charge is -2.28. The fourth-order valence-corrected chi connectivity index (χ4v) is 8.52. The van der Waals surface area contributed by atoms with Gasteiger partial charge in [-0.2, -0.15) is 0 Å². The van der Waals surface area contributed by atoms with Crippen molar-refractivity contribution in [2.45, 2.75) is 25.7 Å². The van der Waals surface area contributed by atoms with Crippen molar-refractivity contribution in [1.82, 2.24) is 0 Å². The predicted octanol–water partition coefficient (Wildman–Crippen LogP) is 14.9. The lowest BCUT2D eigenvalue weighted by atomic mass is 9.78. The van der Waals surface area contributed by atoms with Crippen molar-refractivity contribution in [2.24, 2.45) is 5.92 Å². The molecule has 0 amide bonds. The highest BCUT2D eigenvalue weighted by atomic mass is 16.3. The normalized spacial score (nSPS) is 15.9. The van der Waals surface area contributed by atoms with Gasteiger partial charge in [0.1, 0.15) is 11.2 Å². The molecule has 0 aliphatic heterocycles. The molecule has 270 valence electrons. The van der Waals surface area contributed by atoms with Crippen LogP contribution in [0.3, 0.4) is 0 Å². The number of para-hydroxylation sites is 1. The van der Waals surface area contributed by atoms with Crippen molar-refractivity contribution in [2.75, 3.05) is 10.2 Å². The van der Waals surface area contributed by atoms with Gasteiger partial charge in [-0.1, -0.05) is 134 Å². The topological polar surface area (TPSA) is 28.4 Å². The van der Waals surface area contributed by atoms with Crippen LogP contribution in [-0.4, -0.2) is 0 Å². The molecule has 0 saturated carbocycles. The van der Waals surface area contributed by atoms with Crippen molar-refractivity contribution in [3.05, 3.63) is 205 Å². The second kappa shape index (κ2) is 14.4. The second-order valence-electron chi connectivity index (χ2n) is 15.0. The minimum atomic E-state index is 0.334. The first-order valence-corrected chi connectivity index (χ1v) is 19.7. The lowest BCUT2D eigenvalue weighted by Crippen LogP contribution is -2.13. The van der Waals surface area contributed by atoms with Crippen LogP contribution in [0, 0.1) is 5.92 Å². The Labute approximate surface area is 328 Å². The number of allylic oxidation sites excluding steroid dienone is 5.